The van der Waals surface area contributed by atoms with E-state index in [1.807, 2.05) is 0 Å². The molecule has 24 heavy (non-hydrogen) atoms. The molecule has 1 fully saturated rings. The SMILES string of the molecule is NC(=O)Cc1nc(C2CCC2)n(-c2ccc(OC(F)(F)F)cc2)n1. The van der Waals surface area contributed by atoms with Crippen LogP contribution < -0.4 is 10.5 Å². The molecule has 1 saturated carbocycles. The number of aromatic nitrogens is 3. The molecule has 2 aromatic rings. The van der Waals surface area contributed by atoms with Crippen molar-refractivity contribution in [2.75, 3.05) is 0 Å². The summed E-state index contributed by atoms with van der Waals surface area (Å²) in [6.07, 6.45) is -1.81. The molecule has 1 aromatic carbocycles. The van der Waals surface area contributed by atoms with Gasteiger partial charge in [-0.1, -0.05) is 6.42 Å². The van der Waals surface area contributed by atoms with Crippen LogP contribution in [0.5, 0.6) is 5.75 Å². The molecule has 1 aliphatic carbocycles. The van der Waals surface area contributed by atoms with Gasteiger partial charge in [-0.25, -0.2) is 9.67 Å². The number of hydrogen-bond acceptors (Lipinski definition) is 4. The first kappa shape index (κ1) is 16.3. The first-order chi connectivity index (χ1) is 11.3. The van der Waals surface area contributed by atoms with Gasteiger partial charge in [0.2, 0.25) is 5.91 Å². The number of nitrogens with zero attached hydrogens (tertiary/aromatic N) is 3. The van der Waals surface area contributed by atoms with Crippen molar-refractivity contribution in [2.45, 2.75) is 38.0 Å². The van der Waals surface area contributed by atoms with Crippen LogP contribution in [0.1, 0.15) is 36.8 Å². The van der Waals surface area contributed by atoms with Crippen molar-refractivity contribution in [3.8, 4) is 11.4 Å². The molecule has 2 N–H and O–H groups in total. The van der Waals surface area contributed by atoms with Crippen molar-refractivity contribution in [3.05, 3.63) is 35.9 Å². The minimum atomic E-state index is -4.74. The van der Waals surface area contributed by atoms with Gasteiger partial charge in [-0.2, -0.15) is 5.10 Å². The summed E-state index contributed by atoms with van der Waals surface area (Å²) in [5.74, 6) is 0.377. The fourth-order valence-corrected chi connectivity index (χ4v) is 2.51. The first-order valence-corrected chi connectivity index (χ1v) is 7.42. The molecule has 0 atom stereocenters. The highest BCUT2D eigenvalue weighted by atomic mass is 19.4. The maximum atomic E-state index is 12.2. The maximum Gasteiger partial charge on any atom is 0.573 e. The van der Waals surface area contributed by atoms with E-state index in [-0.39, 0.29) is 18.1 Å². The minimum Gasteiger partial charge on any atom is -0.406 e. The molecule has 0 bridgehead atoms. The van der Waals surface area contributed by atoms with Crippen LogP contribution in [0, 0.1) is 0 Å². The van der Waals surface area contributed by atoms with Gasteiger partial charge < -0.3 is 10.5 Å². The summed E-state index contributed by atoms with van der Waals surface area (Å²) in [7, 11) is 0. The lowest BCUT2D eigenvalue weighted by Crippen LogP contribution is -2.17. The summed E-state index contributed by atoms with van der Waals surface area (Å²) >= 11 is 0. The van der Waals surface area contributed by atoms with E-state index in [2.05, 4.69) is 14.8 Å². The van der Waals surface area contributed by atoms with Gasteiger partial charge in [0, 0.05) is 5.92 Å². The zero-order valence-corrected chi connectivity index (χ0v) is 12.6. The second-order valence-electron chi connectivity index (χ2n) is 5.61. The Morgan fingerprint density at radius 1 is 1.29 bits per heavy atom. The van der Waals surface area contributed by atoms with Crippen LogP contribution >= 0.6 is 0 Å². The number of hydrogen-bond donors (Lipinski definition) is 1. The van der Waals surface area contributed by atoms with Crippen LogP contribution in [-0.4, -0.2) is 27.0 Å². The minimum absolute atomic E-state index is 0.0814. The largest absolute Gasteiger partial charge is 0.573 e. The fraction of sp³-hybridized carbons (Fsp3) is 0.400. The molecule has 1 aliphatic rings. The summed E-state index contributed by atoms with van der Waals surface area (Å²) in [4.78, 5) is 15.4. The van der Waals surface area contributed by atoms with Gasteiger partial charge in [0.05, 0.1) is 12.1 Å². The monoisotopic (exact) mass is 340 g/mol. The number of benzene rings is 1. The van der Waals surface area contributed by atoms with Crippen LogP contribution in [0.4, 0.5) is 13.2 Å². The van der Waals surface area contributed by atoms with E-state index < -0.39 is 12.3 Å². The Morgan fingerprint density at radius 3 is 2.46 bits per heavy atom. The van der Waals surface area contributed by atoms with Gasteiger partial charge in [-0.05, 0) is 37.1 Å². The molecule has 0 unspecified atom stereocenters. The molecule has 1 amide bonds. The molecule has 0 saturated heterocycles. The molecule has 0 aliphatic heterocycles. The quantitative estimate of drug-likeness (QED) is 0.906. The smallest absolute Gasteiger partial charge is 0.406 e. The van der Waals surface area contributed by atoms with Crippen LogP contribution in [0.25, 0.3) is 5.69 Å². The number of nitrogens with two attached hydrogens (primary N) is 1. The summed E-state index contributed by atoms with van der Waals surface area (Å²) in [6, 6.07) is 5.35. The number of carbonyl (C=O) groups is 1. The predicted molar refractivity (Wildman–Crippen MR) is 77.5 cm³/mol. The zero-order valence-electron chi connectivity index (χ0n) is 12.6. The van der Waals surface area contributed by atoms with Crippen LogP contribution in [0.3, 0.4) is 0 Å². The molecule has 0 radical (unpaired) electrons. The first-order valence-electron chi connectivity index (χ1n) is 7.42. The number of halogens is 3. The van der Waals surface area contributed by atoms with E-state index in [0.717, 1.165) is 19.3 Å². The molecule has 128 valence electrons. The average Bonchev–Trinajstić information content (AvgIpc) is 2.78. The van der Waals surface area contributed by atoms with E-state index in [1.54, 1.807) is 4.68 Å². The third kappa shape index (κ3) is 3.66. The van der Waals surface area contributed by atoms with Gasteiger partial charge in [0.1, 0.15) is 11.6 Å². The summed E-state index contributed by atoms with van der Waals surface area (Å²) < 4.78 is 42.1. The molecular formula is C15H15F3N4O2. The Balaban J connectivity index is 1.89. The Labute approximate surface area is 135 Å². The van der Waals surface area contributed by atoms with E-state index >= 15 is 0 Å². The maximum absolute atomic E-state index is 12.2. The summed E-state index contributed by atoms with van der Waals surface area (Å²) in [6.45, 7) is 0. The molecule has 6 nitrogen and oxygen atoms in total. The highest BCUT2D eigenvalue weighted by molar-refractivity contribution is 5.75. The van der Waals surface area contributed by atoms with Gasteiger partial charge in [-0.15, -0.1) is 13.2 Å². The van der Waals surface area contributed by atoms with Crippen molar-refractivity contribution in [1.29, 1.82) is 0 Å². The van der Waals surface area contributed by atoms with Crippen molar-refractivity contribution >= 4 is 5.91 Å². The summed E-state index contributed by atoms with van der Waals surface area (Å²) in [5.41, 5.74) is 5.72. The second kappa shape index (κ2) is 6.14. The molecule has 3 rings (SSSR count). The Kier molecular flexibility index (Phi) is 4.16. The van der Waals surface area contributed by atoms with Crippen LogP contribution in [0.2, 0.25) is 0 Å². The number of primary amides is 1. The van der Waals surface area contributed by atoms with Gasteiger partial charge in [0.25, 0.3) is 0 Å². The van der Waals surface area contributed by atoms with Gasteiger partial charge >= 0.3 is 6.36 Å². The van der Waals surface area contributed by atoms with Crippen molar-refractivity contribution in [3.63, 3.8) is 0 Å². The highest BCUT2D eigenvalue weighted by Gasteiger charge is 2.31. The molecule has 0 spiro atoms. The van der Waals surface area contributed by atoms with Crippen LogP contribution in [-0.2, 0) is 11.2 Å². The van der Waals surface area contributed by atoms with Crippen molar-refractivity contribution < 1.29 is 22.7 Å². The Bertz CT molecular complexity index is 736. The van der Waals surface area contributed by atoms with E-state index in [9.17, 15) is 18.0 Å². The lowest BCUT2D eigenvalue weighted by molar-refractivity contribution is -0.274. The number of carbonyl (C=O) groups excluding carboxylic acids is 1. The fourth-order valence-electron chi connectivity index (χ4n) is 2.51. The number of alkyl halides is 3. The molecular weight excluding hydrogens is 325 g/mol. The standard InChI is InChI=1S/C15H15F3N4O2/c16-15(17,18)24-11-6-4-10(5-7-11)22-14(9-2-1-3-9)20-13(21-22)8-12(19)23/h4-7,9H,1-3,8H2,(H2,19,23). The molecule has 1 aromatic heterocycles. The summed E-state index contributed by atoms with van der Waals surface area (Å²) in [5, 5.41) is 4.27. The molecule has 1 heterocycles. The van der Waals surface area contributed by atoms with Gasteiger partial charge in [0.15, 0.2) is 5.82 Å². The lowest BCUT2D eigenvalue weighted by Gasteiger charge is -2.24. The van der Waals surface area contributed by atoms with Crippen LogP contribution in [0.15, 0.2) is 24.3 Å². The number of rotatable bonds is 5. The normalized spacial score (nSPS) is 15.1. The third-order valence-electron chi connectivity index (χ3n) is 3.79. The highest BCUT2D eigenvalue weighted by Crippen LogP contribution is 2.36. The molecule has 9 heteroatoms. The van der Waals surface area contributed by atoms with E-state index in [0.29, 0.717) is 17.3 Å². The lowest BCUT2D eigenvalue weighted by atomic mass is 9.85. The number of ether oxygens (including phenoxy) is 1. The topological polar surface area (TPSA) is 83.0 Å². The van der Waals surface area contributed by atoms with Crippen molar-refractivity contribution in [1.82, 2.24) is 14.8 Å². The predicted octanol–water partition coefficient (Wildman–Crippen LogP) is 2.46. The average molecular weight is 340 g/mol. The number of amides is 1. The Morgan fingerprint density at radius 2 is 1.96 bits per heavy atom. The van der Waals surface area contributed by atoms with E-state index in [1.165, 1.54) is 24.3 Å². The zero-order chi connectivity index (χ0) is 17.3. The Hall–Kier alpha value is -2.58. The van der Waals surface area contributed by atoms with E-state index in [4.69, 9.17) is 5.73 Å². The second-order valence-corrected chi connectivity index (χ2v) is 5.61. The van der Waals surface area contributed by atoms with Gasteiger partial charge in [-0.3, -0.25) is 4.79 Å². The third-order valence-corrected chi connectivity index (χ3v) is 3.79. The van der Waals surface area contributed by atoms with Crippen molar-refractivity contribution in [2.24, 2.45) is 5.73 Å².